The number of benzene rings is 7. The third-order valence-electron chi connectivity index (χ3n) is 9.97. The molecular formula is C45H27N5O. The first kappa shape index (κ1) is 27.9. The molecule has 238 valence electrons. The first-order chi connectivity index (χ1) is 25.3. The maximum atomic E-state index is 6.25. The molecule has 4 aromatic heterocycles. The summed E-state index contributed by atoms with van der Waals surface area (Å²) in [7, 11) is 0. The molecule has 11 aromatic rings. The SMILES string of the molecule is c1ccc(-c2nc(-c3ccccc3)nc(-n3c4ccccc4c4ccc5c6ccccc6n(-c6ccc7oc8ccccc8c7c6)c5c43)n2)cc1. The monoisotopic (exact) mass is 653 g/mol. The van der Waals surface area contributed by atoms with Crippen LogP contribution in [0.1, 0.15) is 0 Å². The van der Waals surface area contributed by atoms with Crippen LogP contribution in [0.4, 0.5) is 0 Å². The van der Waals surface area contributed by atoms with E-state index < -0.39 is 0 Å². The van der Waals surface area contributed by atoms with Crippen LogP contribution in [-0.2, 0) is 0 Å². The number of nitrogens with zero attached hydrogens (tertiary/aromatic N) is 5. The van der Waals surface area contributed by atoms with E-state index in [-0.39, 0.29) is 0 Å². The fourth-order valence-electron chi connectivity index (χ4n) is 7.73. The fourth-order valence-corrected chi connectivity index (χ4v) is 7.73. The summed E-state index contributed by atoms with van der Waals surface area (Å²) in [4.78, 5) is 15.4. The molecule has 0 aliphatic rings. The molecule has 51 heavy (non-hydrogen) atoms. The molecule has 0 unspecified atom stereocenters. The molecule has 0 fully saturated rings. The molecular weight excluding hydrogens is 627 g/mol. The first-order valence-corrected chi connectivity index (χ1v) is 17.0. The standard InChI is InChI=1S/C45H27N5O/c1-3-13-28(14-4-1)43-46-44(29-15-5-2-6-16-29)48-45(47-43)50-38-21-11-8-18-32(38)35-25-24-34-31-17-7-10-20-37(31)49(41(34)42(35)50)30-23-26-40-36(27-30)33-19-9-12-22-39(33)51-40/h1-27H. The fraction of sp³-hybridized carbons (Fsp3) is 0. The number of aromatic nitrogens is 5. The van der Waals surface area contributed by atoms with Gasteiger partial charge < -0.3 is 8.98 Å². The molecule has 0 amide bonds. The zero-order valence-electron chi connectivity index (χ0n) is 27.2. The van der Waals surface area contributed by atoms with Crippen molar-refractivity contribution in [1.82, 2.24) is 24.1 Å². The Kier molecular flexibility index (Phi) is 5.86. The lowest BCUT2D eigenvalue weighted by Gasteiger charge is -2.13. The third-order valence-corrected chi connectivity index (χ3v) is 9.97. The molecule has 0 atom stereocenters. The molecule has 0 spiro atoms. The number of para-hydroxylation sites is 3. The van der Waals surface area contributed by atoms with Crippen LogP contribution < -0.4 is 0 Å². The van der Waals surface area contributed by atoms with E-state index in [2.05, 4.69) is 100 Å². The highest BCUT2D eigenvalue weighted by molar-refractivity contribution is 6.24. The van der Waals surface area contributed by atoms with E-state index in [1.807, 2.05) is 72.8 Å². The molecule has 0 aliphatic carbocycles. The van der Waals surface area contributed by atoms with Crippen molar-refractivity contribution >= 4 is 65.6 Å². The summed E-state index contributed by atoms with van der Waals surface area (Å²) in [6, 6.07) is 56.7. The normalized spacial score (nSPS) is 11.9. The lowest BCUT2D eigenvalue weighted by molar-refractivity contribution is 0.669. The second kappa shape index (κ2) is 10.7. The van der Waals surface area contributed by atoms with E-state index in [0.29, 0.717) is 17.6 Å². The van der Waals surface area contributed by atoms with E-state index in [1.165, 1.54) is 5.39 Å². The third kappa shape index (κ3) is 4.14. The van der Waals surface area contributed by atoms with Gasteiger partial charge >= 0.3 is 0 Å². The summed E-state index contributed by atoms with van der Waals surface area (Å²) in [6.07, 6.45) is 0. The van der Waals surface area contributed by atoms with Crippen LogP contribution in [-0.4, -0.2) is 24.1 Å². The smallest absolute Gasteiger partial charge is 0.238 e. The lowest BCUT2D eigenvalue weighted by atomic mass is 10.1. The Morgan fingerprint density at radius 2 is 0.882 bits per heavy atom. The van der Waals surface area contributed by atoms with Gasteiger partial charge in [-0.3, -0.25) is 4.57 Å². The van der Waals surface area contributed by atoms with Gasteiger partial charge in [-0.05, 0) is 36.4 Å². The summed E-state index contributed by atoms with van der Waals surface area (Å²) >= 11 is 0. The van der Waals surface area contributed by atoms with Crippen molar-refractivity contribution in [2.75, 3.05) is 0 Å². The van der Waals surface area contributed by atoms with Gasteiger partial charge in [-0.1, -0.05) is 127 Å². The van der Waals surface area contributed by atoms with Crippen molar-refractivity contribution < 1.29 is 4.42 Å². The van der Waals surface area contributed by atoms with Crippen LogP contribution in [0, 0.1) is 0 Å². The van der Waals surface area contributed by atoms with E-state index in [4.69, 9.17) is 19.4 Å². The van der Waals surface area contributed by atoms with Gasteiger partial charge in [0.2, 0.25) is 5.95 Å². The maximum Gasteiger partial charge on any atom is 0.238 e. The van der Waals surface area contributed by atoms with E-state index in [0.717, 1.165) is 77.0 Å². The number of hydrogen-bond donors (Lipinski definition) is 0. The average Bonchev–Trinajstić information content (AvgIpc) is 3.86. The van der Waals surface area contributed by atoms with Crippen molar-refractivity contribution in [1.29, 1.82) is 0 Å². The molecule has 6 heteroatoms. The van der Waals surface area contributed by atoms with Crippen molar-refractivity contribution in [3.8, 4) is 34.4 Å². The second-order valence-electron chi connectivity index (χ2n) is 12.9. The topological polar surface area (TPSA) is 61.7 Å². The van der Waals surface area contributed by atoms with Gasteiger partial charge in [0.05, 0.1) is 22.1 Å². The van der Waals surface area contributed by atoms with Crippen molar-refractivity contribution in [3.05, 3.63) is 164 Å². The summed E-state index contributed by atoms with van der Waals surface area (Å²) in [5.41, 5.74) is 8.92. The number of hydrogen-bond acceptors (Lipinski definition) is 4. The van der Waals surface area contributed by atoms with Gasteiger partial charge in [0.15, 0.2) is 11.6 Å². The quantitative estimate of drug-likeness (QED) is 0.190. The Morgan fingerprint density at radius 1 is 0.373 bits per heavy atom. The number of furan rings is 1. The number of rotatable bonds is 4. The van der Waals surface area contributed by atoms with Crippen molar-refractivity contribution in [2.45, 2.75) is 0 Å². The van der Waals surface area contributed by atoms with Crippen LogP contribution in [0.2, 0.25) is 0 Å². The van der Waals surface area contributed by atoms with Crippen molar-refractivity contribution in [3.63, 3.8) is 0 Å². The summed E-state index contributed by atoms with van der Waals surface area (Å²) < 4.78 is 10.9. The van der Waals surface area contributed by atoms with Crippen LogP contribution in [0.3, 0.4) is 0 Å². The Labute approximate surface area is 291 Å². The average molecular weight is 654 g/mol. The van der Waals surface area contributed by atoms with Crippen LogP contribution in [0.15, 0.2) is 168 Å². The highest BCUT2D eigenvalue weighted by Crippen LogP contribution is 2.42. The highest BCUT2D eigenvalue weighted by atomic mass is 16.3. The Morgan fingerprint density at radius 3 is 1.53 bits per heavy atom. The molecule has 7 aromatic carbocycles. The van der Waals surface area contributed by atoms with E-state index >= 15 is 0 Å². The molecule has 6 nitrogen and oxygen atoms in total. The summed E-state index contributed by atoms with van der Waals surface area (Å²) in [5.74, 6) is 1.81. The molecule has 0 radical (unpaired) electrons. The van der Waals surface area contributed by atoms with Crippen LogP contribution >= 0.6 is 0 Å². The van der Waals surface area contributed by atoms with Gasteiger partial charge in [0.1, 0.15) is 11.2 Å². The highest BCUT2D eigenvalue weighted by Gasteiger charge is 2.23. The molecule has 0 saturated heterocycles. The van der Waals surface area contributed by atoms with Gasteiger partial charge in [0, 0.05) is 49.1 Å². The maximum absolute atomic E-state index is 6.25. The van der Waals surface area contributed by atoms with E-state index in [9.17, 15) is 0 Å². The van der Waals surface area contributed by atoms with Gasteiger partial charge in [-0.25, -0.2) is 4.98 Å². The Bertz CT molecular complexity index is 3080. The van der Waals surface area contributed by atoms with Gasteiger partial charge in [-0.15, -0.1) is 0 Å². The molecule has 0 bridgehead atoms. The number of fused-ring (bicyclic) bond motifs is 10. The van der Waals surface area contributed by atoms with Crippen molar-refractivity contribution in [2.24, 2.45) is 0 Å². The summed E-state index contributed by atoms with van der Waals surface area (Å²) in [6.45, 7) is 0. The van der Waals surface area contributed by atoms with E-state index in [1.54, 1.807) is 0 Å². The second-order valence-corrected chi connectivity index (χ2v) is 12.9. The predicted molar refractivity (Wildman–Crippen MR) is 207 cm³/mol. The molecule has 0 N–H and O–H groups in total. The largest absolute Gasteiger partial charge is 0.456 e. The lowest BCUT2D eigenvalue weighted by Crippen LogP contribution is -2.07. The molecule has 0 aliphatic heterocycles. The minimum absolute atomic E-state index is 0.564. The van der Waals surface area contributed by atoms with Crippen LogP contribution in [0.5, 0.6) is 0 Å². The minimum Gasteiger partial charge on any atom is -0.456 e. The Balaban J connectivity index is 1.30. The zero-order chi connectivity index (χ0) is 33.5. The molecule has 0 saturated carbocycles. The predicted octanol–water partition coefficient (Wildman–Crippen LogP) is 11.3. The first-order valence-electron chi connectivity index (χ1n) is 17.0. The minimum atomic E-state index is 0.564. The summed E-state index contributed by atoms with van der Waals surface area (Å²) in [5, 5.41) is 6.76. The zero-order valence-corrected chi connectivity index (χ0v) is 27.2. The Hall–Kier alpha value is -7.05. The van der Waals surface area contributed by atoms with Crippen LogP contribution in [0.25, 0.3) is 100.0 Å². The molecule has 11 rings (SSSR count). The van der Waals surface area contributed by atoms with Gasteiger partial charge in [0.25, 0.3) is 0 Å². The molecule has 4 heterocycles. The van der Waals surface area contributed by atoms with Gasteiger partial charge in [-0.2, -0.15) is 9.97 Å².